The molecule has 3 aromatic rings. The fourth-order valence-electron chi connectivity index (χ4n) is 2.35. The first-order valence-electron chi connectivity index (χ1n) is 7.07. The molecule has 0 unspecified atom stereocenters. The number of aromatic nitrogens is 2. The van der Waals surface area contributed by atoms with Crippen LogP contribution in [0.25, 0.3) is 10.9 Å². The number of hydrogen-bond acceptors (Lipinski definition) is 5. The van der Waals surface area contributed by atoms with E-state index in [1.54, 1.807) is 12.1 Å². The zero-order chi connectivity index (χ0) is 15.4. The number of aromatic hydroxyl groups is 1. The van der Waals surface area contributed by atoms with Crippen molar-refractivity contribution in [3.8, 4) is 11.5 Å². The van der Waals surface area contributed by atoms with E-state index < -0.39 is 0 Å². The van der Waals surface area contributed by atoms with E-state index in [1.807, 2.05) is 18.2 Å². The van der Waals surface area contributed by atoms with Crippen LogP contribution in [0.1, 0.15) is 5.56 Å². The van der Waals surface area contributed by atoms with Crippen molar-refractivity contribution < 1.29 is 9.84 Å². The second-order valence-electron chi connectivity index (χ2n) is 4.93. The molecule has 2 N–H and O–H groups in total. The van der Waals surface area contributed by atoms with Crippen molar-refractivity contribution in [2.75, 3.05) is 19.0 Å². The molecule has 0 bridgehead atoms. The molecule has 5 heteroatoms. The topological polar surface area (TPSA) is 67.3 Å². The van der Waals surface area contributed by atoms with Crippen molar-refractivity contribution in [2.24, 2.45) is 0 Å². The molecule has 0 amide bonds. The van der Waals surface area contributed by atoms with Crippen molar-refractivity contribution in [1.82, 2.24) is 9.97 Å². The number of methoxy groups -OCH3 is 1. The first-order valence-corrected chi connectivity index (χ1v) is 7.07. The largest absolute Gasteiger partial charge is 0.504 e. The third-order valence-electron chi connectivity index (χ3n) is 3.48. The molecule has 0 radical (unpaired) electrons. The summed E-state index contributed by atoms with van der Waals surface area (Å²) in [6.07, 6.45) is 2.40. The molecule has 0 aliphatic rings. The van der Waals surface area contributed by atoms with E-state index in [0.29, 0.717) is 11.6 Å². The number of fused-ring (bicyclic) bond motifs is 1. The number of hydrogen-bond donors (Lipinski definition) is 2. The fraction of sp³-hybridized carbons (Fsp3) is 0.176. The summed E-state index contributed by atoms with van der Waals surface area (Å²) in [6.45, 7) is 0.753. The summed E-state index contributed by atoms with van der Waals surface area (Å²) in [5.74, 6) is 1.19. The third kappa shape index (κ3) is 2.93. The SMILES string of the molecule is COc1cc2ncnc(NCCc3ccccc3)c2cc1O. The molecule has 0 aliphatic carbocycles. The predicted octanol–water partition coefficient (Wildman–Crippen LogP) is 3.00. The first kappa shape index (κ1) is 14.1. The number of rotatable bonds is 5. The highest BCUT2D eigenvalue weighted by Crippen LogP contribution is 2.32. The third-order valence-corrected chi connectivity index (χ3v) is 3.48. The lowest BCUT2D eigenvalue weighted by Gasteiger charge is -2.10. The Bertz CT molecular complexity index is 775. The van der Waals surface area contributed by atoms with E-state index in [4.69, 9.17) is 4.74 Å². The lowest BCUT2D eigenvalue weighted by Crippen LogP contribution is -2.07. The summed E-state index contributed by atoms with van der Waals surface area (Å²) in [7, 11) is 1.51. The van der Waals surface area contributed by atoms with E-state index in [-0.39, 0.29) is 5.75 Å². The summed E-state index contributed by atoms with van der Waals surface area (Å²) < 4.78 is 5.10. The zero-order valence-electron chi connectivity index (χ0n) is 12.3. The molecule has 0 fully saturated rings. The Morgan fingerprint density at radius 1 is 1.14 bits per heavy atom. The smallest absolute Gasteiger partial charge is 0.162 e. The maximum Gasteiger partial charge on any atom is 0.162 e. The number of phenolic OH excluding ortho intramolecular Hbond substituents is 1. The highest BCUT2D eigenvalue weighted by Gasteiger charge is 2.09. The summed E-state index contributed by atoms with van der Waals surface area (Å²) in [5.41, 5.74) is 1.99. The average molecular weight is 295 g/mol. The number of nitrogens with one attached hydrogen (secondary N) is 1. The molecule has 3 rings (SSSR count). The monoisotopic (exact) mass is 295 g/mol. The summed E-state index contributed by atoms with van der Waals surface area (Å²) >= 11 is 0. The Hall–Kier alpha value is -2.82. The van der Waals surface area contributed by atoms with Gasteiger partial charge < -0.3 is 15.2 Å². The van der Waals surface area contributed by atoms with Gasteiger partial charge in [0.15, 0.2) is 11.5 Å². The number of ether oxygens (including phenoxy) is 1. The second-order valence-corrected chi connectivity index (χ2v) is 4.93. The molecule has 0 saturated heterocycles. The lowest BCUT2D eigenvalue weighted by molar-refractivity contribution is 0.374. The van der Waals surface area contributed by atoms with E-state index in [0.717, 1.165) is 23.9 Å². The quantitative estimate of drug-likeness (QED) is 0.757. The molecular formula is C17H17N3O2. The maximum atomic E-state index is 9.93. The number of nitrogens with zero attached hydrogens (tertiary/aromatic N) is 2. The predicted molar refractivity (Wildman–Crippen MR) is 86.4 cm³/mol. The standard InChI is InChI=1S/C17H17N3O2/c1-22-16-10-14-13(9-15(16)21)17(20-11-19-14)18-8-7-12-5-3-2-4-6-12/h2-6,9-11,21H,7-8H2,1H3,(H,18,19,20). The van der Waals surface area contributed by atoms with Gasteiger partial charge in [-0.15, -0.1) is 0 Å². The van der Waals surface area contributed by atoms with Gasteiger partial charge >= 0.3 is 0 Å². The van der Waals surface area contributed by atoms with E-state index in [2.05, 4.69) is 27.4 Å². The van der Waals surface area contributed by atoms with Crippen LogP contribution >= 0.6 is 0 Å². The minimum Gasteiger partial charge on any atom is -0.504 e. The van der Waals surface area contributed by atoms with Crippen LogP contribution in [0.2, 0.25) is 0 Å². The molecule has 1 heterocycles. The second kappa shape index (κ2) is 6.30. The Balaban J connectivity index is 1.80. The van der Waals surface area contributed by atoms with Crippen molar-refractivity contribution in [3.63, 3.8) is 0 Å². The van der Waals surface area contributed by atoms with Crippen LogP contribution in [0.4, 0.5) is 5.82 Å². The van der Waals surface area contributed by atoms with Gasteiger partial charge in [-0.05, 0) is 18.1 Å². The van der Waals surface area contributed by atoms with Crippen LogP contribution in [0, 0.1) is 0 Å². The lowest BCUT2D eigenvalue weighted by atomic mass is 10.1. The van der Waals surface area contributed by atoms with Gasteiger partial charge in [0, 0.05) is 18.0 Å². The molecular weight excluding hydrogens is 278 g/mol. The van der Waals surface area contributed by atoms with Gasteiger partial charge in [-0.2, -0.15) is 0 Å². The Morgan fingerprint density at radius 3 is 2.73 bits per heavy atom. The van der Waals surface area contributed by atoms with Gasteiger partial charge in [-0.1, -0.05) is 30.3 Å². The van der Waals surface area contributed by atoms with E-state index in [1.165, 1.54) is 19.0 Å². The van der Waals surface area contributed by atoms with Gasteiger partial charge in [0.1, 0.15) is 12.1 Å². The molecule has 112 valence electrons. The summed E-state index contributed by atoms with van der Waals surface area (Å²) in [6, 6.07) is 13.6. The van der Waals surface area contributed by atoms with E-state index in [9.17, 15) is 5.11 Å². The van der Waals surface area contributed by atoms with Gasteiger partial charge in [-0.25, -0.2) is 9.97 Å². The van der Waals surface area contributed by atoms with Crippen LogP contribution in [0.5, 0.6) is 11.5 Å². The normalized spacial score (nSPS) is 10.6. The summed E-state index contributed by atoms with van der Waals surface area (Å²) in [4.78, 5) is 8.48. The molecule has 0 saturated carbocycles. The molecule has 22 heavy (non-hydrogen) atoms. The zero-order valence-corrected chi connectivity index (χ0v) is 12.3. The van der Waals surface area contributed by atoms with Crippen LogP contribution in [-0.4, -0.2) is 28.7 Å². The molecule has 1 aromatic heterocycles. The van der Waals surface area contributed by atoms with Crippen LogP contribution in [0.3, 0.4) is 0 Å². The average Bonchev–Trinajstić information content (AvgIpc) is 2.56. The van der Waals surface area contributed by atoms with Gasteiger partial charge in [0.25, 0.3) is 0 Å². The highest BCUT2D eigenvalue weighted by molar-refractivity contribution is 5.91. The van der Waals surface area contributed by atoms with Crippen LogP contribution in [0.15, 0.2) is 48.8 Å². The van der Waals surface area contributed by atoms with Crippen molar-refractivity contribution in [1.29, 1.82) is 0 Å². The highest BCUT2D eigenvalue weighted by atomic mass is 16.5. The fourth-order valence-corrected chi connectivity index (χ4v) is 2.35. The number of benzene rings is 2. The van der Waals surface area contributed by atoms with Gasteiger partial charge in [-0.3, -0.25) is 0 Å². The van der Waals surface area contributed by atoms with Gasteiger partial charge in [0.2, 0.25) is 0 Å². The molecule has 0 aliphatic heterocycles. The minimum absolute atomic E-state index is 0.0795. The maximum absolute atomic E-state index is 9.93. The Labute approximate surface area is 128 Å². The van der Waals surface area contributed by atoms with Crippen LogP contribution in [-0.2, 0) is 6.42 Å². The first-order chi connectivity index (χ1) is 10.8. The number of anilines is 1. The van der Waals surface area contributed by atoms with Crippen LogP contribution < -0.4 is 10.1 Å². The molecule has 0 atom stereocenters. The Kier molecular flexibility index (Phi) is 4.05. The van der Waals surface area contributed by atoms with Crippen molar-refractivity contribution in [2.45, 2.75) is 6.42 Å². The molecule has 0 spiro atoms. The van der Waals surface area contributed by atoms with Crippen molar-refractivity contribution >= 4 is 16.7 Å². The summed E-state index contributed by atoms with van der Waals surface area (Å²) in [5, 5.41) is 14.0. The molecule has 2 aromatic carbocycles. The minimum atomic E-state index is 0.0795. The number of phenols is 1. The van der Waals surface area contributed by atoms with Gasteiger partial charge in [0.05, 0.1) is 12.6 Å². The van der Waals surface area contributed by atoms with Crippen molar-refractivity contribution in [3.05, 3.63) is 54.4 Å². The molecule has 5 nitrogen and oxygen atoms in total. The van der Waals surface area contributed by atoms with E-state index >= 15 is 0 Å². The Morgan fingerprint density at radius 2 is 1.95 bits per heavy atom.